The first kappa shape index (κ1) is 6.92. The molecule has 0 saturated heterocycles. The number of hydrogen-bond acceptors (Lipinski definition) is 2. The van der Waals surface area contributed by atoms with Gasteiger partial charge in [0.1, 0.15) is 5.78 Å². The molecule has 0 amide bonds. The molecular weight excluding hydrogens is 114 g/mol. The molecule has 1 unspecified atom stereocenters. The third kappa shape index (κ3) is 1.14. The summed E-state index contributed by atoms with van der Waals surface area (Å²) in [4.78, 5) is 10.1. The summed E-state index contributed by atoms with van der Waals surface area (Å²) in [5, 5.41) is 0. The van der Waals surface area contributed by atoms with Gasteiger partial charge in [0.25, 0.3) is 0 Å². The minimum Gasteiger partial charge on any atom is -0.321 e. The highest BCUT2D eigenvalue weighted by Crippen LogP contribution is 2.09. The van der Waals surface area contributed by atoms with E-state index in [-0.39, 0.29) is 24.2 Å². The third-order valence-electron chi connectivity index (χ3n) is 1.12. The summed E-state index contributed by atoms with van der Waals surface area (Å²) in [5.41, 5.74) is 5.17. The van der Waals surface area contributed by atoms with Gasteiger partial charge < -0.3 is 5.73 Å². The van der Waals surface area contributed by atoms with Crippen LogP contribution in [0.15, 0.2) is 0 Å². The fourth-order valence-corrected chi connectivity index (χ4v) is 0.429. The lowest BCUT2D eigenvalue weighted by Crippen LogP contribution is -2.39. The van der Waals surface area contributed by atoms with E-state index in [0.717, 1.165) is 6.42 Å². The van der Waals surface area contributed by atoms with Crippen molar-refractivity contribution in [2.45, 2.75) is 18.9 Å². The maximum atomic E-state index is 10.1. The highest BCUT2D eigenvalue weighted by Gasteiger charge is 2.22. The second-order valence-electron chi connectivity index (χ2n) is 1.61. The summed E-state index contributed by atoms with van der Waals surface area (Å²) >= 11 is 0. The van der Waals surface area contributed by atoms with Gasteiger partial charge in [-0.3, -0.25) is 4.79 Å². The van der Waals surface area contributed by atoms with Crippen LogP contribution in [0.2, 0.25) is 0 Å². The van der Waals surface area contributed by atoms with Crippen molar-refractivity contribution >= 4 is 18.2 Å². The van der Waals surface area contributed by atoms with Gasteiger partial charge in [-0.15, -0.1) is 12.4 Å². The lowest BCUT2D eigenvalue weighted by Gasteiger charge is -2.17. The number of halogens is 1. The van der Waals surface area contributed by atoms with Gasteiger partial charge in [0.05, 0.1) is 6.04 Å². The maximum Gasteiger partial charge on any atom is 0.149 e. The van der Waals surface area contributed by atoms with Crippen LogP contribution >= 0.6 is 12.4 Å². The zero-order valence-corrected chi connectivity index (χ0v) is 4.70. The first-order chi connectivity index (χ1) is 2.80. The lowest BCUT2D eigenvalue weighted by molar-refractivity contribution is -0.125. The van der Waals surface area contributed by atoms with E-state index in [4.69, 9.17) is 5.73 Å². The van der Waals surface area contributed by atoms with Crippen molar-refractivity contribution in [1.82, 2.24) is 0 Å². The number of rotatable bonds is 0. The monoisotopic (exact) mass is 121 g/mol. The van der Waals surface area contributed by atoms with E-state index in [0.29, 0.717) is 6.42 Å². The predicted octanol–water partition coefficient (Wildman–Crippen LogP) is 0.0984. The Labute approximate surface area is 48.5 Å². The van der Waals surface area contributed by atoms with Crippen LogP contribution in [0.1, 0.15) is 12.8 Å². The summed E-state index contributed by atoms with van der Waals surface area (Å²) < 4.78 is 0. The van der Waals surface area contributed by atoms with E-state index in [9.17, 15) is 4.79 Å². The van der Waals surface area contributed by atoms with Crippen LogP contribution in [0, 0.1) is 0 Å². The third-order valence-corrected chi connectivity index (χ3v) is 1.12. The molecule has 0 aromatic heterocycles. The highest BCUT2D eigenvalue weighted by atomic mass is 35.5. The largest absolute Gasteiger partial charge is 0.321 e. The number of hydrogen-bond donors (Lipinski definition) is 1. The number of nitrogens with two attached hydrogens (primary N) is 1. The first-order valence-corrected chi connectivity index (χ1v) is 2.09. The quantitative estimate of drug-likeness (QED) is 0.494. The fourth-order valence-electron chi connectivity index (χ4n) is 0.429. The molecule has 2 N–H and O–H groups in total. The molecule has 3 heteroatoms. The van der Waals surface area contributed by atoms with E-state index in [1.165, 1.54) is 0 Å². The van der Waals surface area contributed by atoms with Crippen molar-refractivity contribution in [2.75, 3.05) is 0 Å². The minimum absolute atomic E-state index is 0. The molecule has 1 aliphatic rings. The smallest absolute Gasteiger partial charge is 0.149 e. The van der Waals surface area contributed by atoms with Gasteiger partial charge in [-0.1, -0.05) is 0 Å². The van der Waals surface area contributed by atoms with Gasteiger partial charge in [0.15, 0.2) is 0 Å². The molecule has 0 bridgehead atoms. The van der Waals surface area contributed by atoms with Gasteiger partial charge in [0.2, 0.25) is 0 Å². The molecule has 0 aromatic carbocycles. The molecule has 0 radical (unpaired) electrons. The zero-order chi connectivity index (χ0) is 4.57. The second-order valence-corrected chi connectivity index (χ2v) is 1.61. The van der Waals surface area contributed by atoms with Crippen LogP contribution in [-0.4, -0.2) is 11.8 Å². The molecule has 1 atom stereocenters. The SMILES string of the molecule is Cl.NC1CCC1=O. The van der Waals surface area contributed by atoms with Crippen molar-refractivity contribution in [2.24, 2.45) is 5.73 Å². The second kappa shape index (κ2) is 2.28. The van der Waals surface area contributed by atoms with Gasteiger partial charge in [-0.2, -0.15) is 0 Å². The molecule has 1 saturated carbocycles. The topological polar surface area (TPSA) is 43.1 Å². The Bertz CT molecular complexity index is 83.8. The Balaban J connectivity index is 0.000000360. The Hall–Kier alpha value is -0.0800. The van der Waals surface area contributed by atoms with Crippen molar-refractivity contribution in [3.63, 3.8) is 0 Å². The molecule has 1 fully saturated rings. The summed E-state index contributed by atoms with van der Waals surface area (Å²) in [6.45, 7) is 0. The fraction of sp³-hybridized carbons (Fsp3) is 0.750. The van der Waals surface area contributed by atoms with Crippen LogP contribution < -0.4 is 5.73 Å². The minimum atomic E-state index is -0.106. The van der Waals surface area contributed by atoms with Crippen molar-refractivity contribution < 1.29 is 4.79 Å². The van der Waals surface area contributed by atoms with Crippen molar-refractivity contribution in [1.29, 1.82) is 0 Å². The number of carbonyl (C=O) groups is 1. The normalized spacial score (nSPS) is 28.1. The molecule has 0 aliphatic heterocycles. The van der Waals surface area contributed by atoms with Crippen LogP contribution in [0.4, 0.5) is 0 Å². The molecular formula is C4H8ClNO. The number of Topliss-reactive ketones (excluding diaryl/α,β-unsaturated/α-hetero) is 1. The van der Waals surface area contributed by atoms with E-state index < -0.39 is 0 Å². The van der Waals surface area contributed by atoms with E-state index >= 15 is 0 Å². The average molecular weight is 122 g/mol. The van der Waals surface area contributed by atoms with Crippen LogP contribution in [0.5, 0.6) is 0 Å². The molecule has 2 nitrogen and oxygen atoms in total. The Morgan fingerprint density at radius 1 is 1.71 bits per heavy atom. The summed E-state index contributed by atoms with van der Waals surface area (Å²) in [7, 11) is 0. The number of carbonyl (C=O) groups excluding carboxylic acids is 1. The standard InChI is InChI=1S/C4H7NO.ClH/c5-3-1-2-4(3)6;/h3H,1-2,5H2;1H. The van der Waals surface area contributed by atoms with E-state index in [1.807, 2.05) is 0 Å². The zero-order valence-electron chi connectivity index (χ0n) is 3.89. The lowest BCUT2D eigenvalue weighted by atomic mass is 9.93. The molecule has 42 valence electrons. The Kier molecular flexibility index (Phi) is 2.26. The van der Waals surface area contributed by atoms with Crippen LogP contribution in [0.25, 0.3) is 0 Å². The van der Waals surface area contributed by atoms with Crippen LogP contribution in [-0.2, 0) is 4.79 Å². The van der Waals surface area contributed by atoms with E-state index in [2.05, 4.69) is 0 Å². The summed E-state index contributed by atoms with van der Waals surface area (Å²) in [6.07, 6.45) is 1.61. The molecule has 1 rings (SSSR count). The molecule has 0 aromatic rings. The average Bonchev–Trinajstić information content (AvgIpc) is 1.61. The van der Waals surface area contributed by atoms with Crippen LogP contribution in [0.3, 0.4) is 0 Å². The Morgan fingerprint density at radius 2 is 2.14 bits per heavy atom. The van der Waals surface area contributed by atoms with Crippen molar-refractivity contribution in [3.8, 4) is 0 Å². The maximum absolute atomic E-state index is 10.1. The molecule has 7 heavy (non-hydrogen) atoms. The summed E-state index contributed by atoms with van der Waals surface area (Å²) in [5.74, 6) is 0.218. The molecule has 1 aliphatic carbocycles. The predicted molar refractivity (Wildman–Crippen MR) is 29.5 cm³/mol. The summed E-state index contributed by atoms with van der Waals surface area (Å²) in [6, 6.07) is -0.106. The molecule has 0 heterocycles. The van der Waals surface area contributed by atoms with E-state index in [1.54, 1.807) is 0 Å². The highest BCUT2D eigenvalue weighted by molar-refractivity contribution is 5.89. The number of ketones is 1. The van der Waals surface area contributed by atoms with Gasteiger partial charge in [-0.05, 0) is 6.42 Å². The van der Waals surface area contributed by atoms with Gasteiger partial charge in [0, 0.05) is 6.42 Å². The Morgan fingerprint density at radius 3 is 2.14 bits per heavy atom. The van der Waals surface area contributed by atoms with Gasteiger partial charge >= 0.3 is 0 Å². The van der Waals surface area contributed by atoms with Crippen molar-refractivity contribution in [3.05, 3.63) is 0 Å². The molecule has 0 spiro atoms. The first-order valence-electron chi connectivity index (χ1n) is 2.09. The van der Waals surface area contributed by atoms with Gasteiger partial charge in [-0.25, -0.2) is 0 Å².